The van der Waals surface area contributed by atoms with Gasteiger partial charge in [0.05, 0.1) is 17.8 Å². The van der Waals surface area contributed by atoms with Crippen LogP contribution < -0.4 is 15.0 Å². The number of hydrogen-bond donors (Lipinski definition) is 1. The molecular formula is C21H23F3N2O3. The van der Waals surface area contributed by atoms with Crippen molar-refractivity contribution in [1.82, 2.24) is 0 Å². The highest BCUT2D eigenvalue weighted by atomic mass is 19.4. The van der Waals surface area contributed by atoms with E-state index in [-0.39, 0.29) is 18.0 Å². The predicted molar refractivity (Wildman–Crippen MR) is 104 cm³/mol. The largest absolute Gasteiger partial charge is 0.483 e. The van der Waals surface area contributed by atoms with Crippen LogP contribution >= 0.6 is 0 Å². The minimum absolute atomic E-state index is 0.134. The second-order valence-corrected chi connectivity index (χ2v) is 7.04. The van der Waals surface area contributed by atoms with Crippen molar-refractivity contribution in [2.75, 3.05) is 29.9 Å². The average molecular weight is 408 g/mol. The number of nitrogens with one attached hydrogen (secondary N) is 1. The number of benzene rings is 2. The number of anilines is 2. The molecule has 0 spiro atoms. The third-order valence-electron chi connectivity index (χ3n) is 4.49. The van der Waals surface area contributed by atoms with Crippen molar-refractivity contribution >= 4 is 17.3 Å². The van der Waals surface area contributed by atoms with E-state index in [4.69, 9.17) is 9.47 Å². The van der Waals surface area contributed by atoms with E-state index < -0.39 is 24.3 Å². The van der Waals surface area contributed by atoms with E-state index in [2.05, 4.69) is 10.2 Å². The second kappa shape index (κ2) is 8.73. The number of alkyl halides is 3. The van der Waals surface area contributed by atoms with Gasteiger partial charge < -0.3 is 19.7 Å². The molecule has 2 aromatic carbocycles. The highest BCUT2D eigenvalue weighted by Crippen LogP contribution is 2.35. The van der Waals surface area contributed by atoms with E-state index in [1.54, 1.807) is 12.1 Å². The molecule has 1 aliphatic rings. The van der Waals surface area contributed by atoms with Gasteiger partial charge >= 0.3 is 6.18 Å². The van der Waals surface area contributed by atoms with Gasteiger partial charge in [0.1, 0.15) is 5.75 Å². The van der Waals surface area contributed by atoms with Gasteiger partial charge in [0.25, 0.3) is 5.91 Å². The second-order valence-electron chi connectivity index (χ2n) is 7.04. The summed E-state index contributed by atoms with van der Waals surface area (Å²) in [5, 5.41) is 2.63. The van der Waals surface area contributed by atoms with Crippen molar-refractivity contribution in [1.29, 1.82) is 0 Å². The maximum absolute atomic E-state index is 13.0. The fourth-order valence-electron chi connectivity index (χ4n) is 3.31. The number of hydrogen-bond acceptors (Lipinski definition) is 4. The molecule has 2 unspecified atom stereocenters. The first-order valence-corrected chi connectivity index (χ1v) is 9.31. The average Bonchev–Trinajstić information content (AvgIpc) is 2.66. The van der Waals surface area contributed by atoms with Gasteiger partial charge in [0, 0.05) is 24.5 Å². The van der Waals surface area contributed by atoms with Gasteiger partial charge in [0.15, 0.2) is 6.61 Å². The first kappa shape index (κ1) is 21.0. The van der Waals surface area contributed by atoms with Crippen LogP contribution in [-0.4, -0.2) is 37.8 Å². The van der Waals surface area contributed by atoms with Crippen LogP contribution in [0, 0.1) is 0 Å². The molecule has 1 N–H and O–H groups in total. The number of rotatable bonds is 5. The molecule has 5 nitrogen and oxygen atoms in total. The Morgan fingerprint density at radius 1 is 1.10 bits per heavy atom. The molecule has 0 bridgehead atoms. The summed E-state index contributed by atoms with van der Waals surface area (Å²) in [5.74, 6) is -0.913. The number of nitrogens with zero attached hydrogens (tertiary/aromatic N) is 1. The lowest BCUT2D eigenvalue weighted by atomic mass is 10.2. The lowest BCUT2D eigenvalue weighted by Gasteiger charge is -2.36. The number of ether oxygens (including phenoxy) is 2. The predicted octanol–water partition coefficient (Wildman–Crippen LogP) is 4.34. The first-order valence-electron chi connectivity index (χ1n) is 9.31. The van der Waals surface area contributed by atoms with Crippen LogP contribution in [0.1, 0.15) is 19.4 Å². The first-order chi connectivity index (χ1) is 13.7. The van der Waals surface area contributed by atoms with E-state index in [0.29, 0.717) is 5.69 Å². The molecule has 1 fully saturated rings. The number of morpholine rings is 1. The van der Waals surface area contributed by atoms with E-state index in [9.17, 15) is 18.0 Å². The van der Waals surface area contributed by atoms with Gasteiger partial charge in [-0.2, -0.15) is 13.2 Å². The Morgan fingerprint density at radius 3 is 2.34 bits per heavy atom. The topological polar surface area (TPSA) is 50.8 Å². The number of carbonyl (C=O) groups is 1. The SMILES string of the molecule is CC1CN(c2ccc(NC(=O)COc3ccccc3C(F)(F)F)cc2)CC(C)O1. The molecule has 0 radical (unpaired) electrons. The van der Waals surface area contributed by atoms with Crippen LogP contribution in [0.25, 0.3) is 0 Å². The quantitative estimate of drug-likeness (QED) is 0.800. The summed E-state index contributed by atoms with van der Waals surface area (Å²) >= 11 is 0. The van der Waals surface area contributed by atoms with Gasteiger partial charge in [-0.3, -0.25) is 4.79 Å². The Labute approximate surface area is 167 Å². The molecule has 0 aromatic heterocycles. The zero-order chi connectivity index (χ0) is 21.0. The van der Waals surface area contributed by atoms with Gasteiger partial charge in [-0.1, -0.05) is 12.1 Å². The molecule has 1 amide bonds. The summed E-state index contributed by atoms with van der Waals surface area (Å²) in [4.78, 5) is 14.3. The smallest absolute Gasteiger partial charge is 0.419 e. The van der Waals surface area contributed by atoms with Crippen LogP contribution in [0.15, 0.2) is 48.5 Å². The van der Waals surface area contributed by atoms with E-state index in [1.165, 1.54) is 18.2 Å². The van der Waals surface area contributed by atoms with Crippen LogP contribution in [0.5, 0.6) is 5.75 Å². The van der Waals surface area contributed by atoms with Gasteiger partial charge in [-0.15, -0.1) is 0 Å². The molecular weight excluding hydrogens is 385 g/mol. The highest BCUT2D eigenvalue weighted by molar-refractivity contribution is 5.92. The van der Waals surface area contributed by atoms with E-state index >= 15 is 0 Å². The fraction of sp³-hybridized carbons (Fsp3) is 0.381. The summed E-state index contributed by atoms with van der Waals surface area (Å²) in [6, 6.07) is 12.1. The molecule has 8 heteroatoms. The van der Waals surface area contributed by atoms with E-state index in [1.807, 2.05) is 26.0 Å². The van der Waals surface area contributed by atoms with Crippen LogP contribution in [0.2, 0.25) is 0 Å². The molecule has 0 saturated carbocycles. The summed E-state index contributed by atoms with van der Waals surface area (Å²) in [5.41, 5.74) is 0.646. The molecule has 29 heavy (non-hydrogen) atoms. The molecule has 0 aliphatic carbocycles. The Hall–Kier alpha value is -2.74. The lowest BCUT2D eigenvalue weighted by molar-refractivity contribution is -0.139. The van der Waals surface area contributed by atoms with Crippen LogP contribution in [-0.2, 0) is 15.7 Å². The Balaban J connectivity index is 1.57. The maximum Gasteiger partial charge on any atom is 0.419 e. The highest BCUT2D eigenvalue weighted by Gasteiger charge is 2.34. The Morgan fingerprint density at radius 2 is 1.72 bits per heavy atom. The summed E-state index contributed by atoms with van der Waals surface area (Å²) in [6.07, 6.45) is -4.28. The molecule has 1 aliphatic heterocycles. The fourth-order valence-corrected chi connectivity index (χ4v) is 3.31. The molecule has 1 saturated heterocycles. The van der Waals surface area contributed by atoms with E-state index in [0.717, 1.165) is 24.8 Å². The standard InChI is InChI=1S/C21H23F3N2O3/c1-14-11-26(12-15(2)29-14)17-9-7-16(8-10-17)25-20(27)13-28-19-6-4-3-5-18(19)21(22,23)24/h3-10,14-15H,11-13H2,1-2H3,(H,25,27). The number of para-hydroxylation sites is 1. The Kier molecular flexibility index (Phi) is 6.32. The van der Waals surface area contributed by atoms with Gasteiger partial charge in [0.2, 0.25) is 0 Å². The van der Waals surface area contributed by atoms with Crippen molar-refractivity contribution in [3.8, 4) is 5.75 Å². The van der Waals surface area contributed by atoms with Crippen LogP contribution in [0.4, 0.5) is 24.5 Å². The third-order valence-corrected chi connectivity index (χ3v) is 4.49. The zero-order valence-corrected chi connectivity index (χ0v) is 16.2. The number of halogens is 3. The number of carbonyl (C=O) groups excluding carboxylic acids is 1. The lowest BCUT2D eigenvalue weighted by Crippen LogP contribution is -2.45. The summed E-state index contributed by atoms with van der Waals surface area (Å²) in [6.45, 7) is 5.08. The minimum Gasteiger partial charge on any atom is -0.483 e. The molecule has 156 valence electrons. The zero-order valence-electron chi connectivity index (χ0n) is 16.2. The maximum atomic E-state index is 13.0. The molecule has 2 atom stereocenters. The third kappa shape index (κ3) is 5.63. The normalized spacial score (nSPS) is 19.7. The van der Waals surface area contributed by atoms with Crippen molar-refractivity contribution < 1.29 is 27.4 Å². The van der Waals surface area contributed by atoms with Crippen LogP contribution in [0.3, 0.4) is 0 Å². The summed E-state index contributed by atoms with van der Waals surface area (Å²) in [7, 11) is 0. The van der Waals surface area contributed by atoms with Gasteiger partial charge in [-0.25, -0.2) is 0 Å². The van der Waals surface area contributed by atoms with Crippen molar-refractivity contribution in [2.45, 2.75) is 32.2 Å². The van der Waals surface area contributed by atoms with Crippen molar-refractivity contribution in [2.24, 2.45) is 0 Å². The van der Waals surface area contributed by atoms with Crippen molar-refractivity contribution in [3.05, 3.63) is 54.1 Å². The molecule has 2 aromatic rings. The summed E-state index contributed by atoms with van der Waals surface area (Å²) < 4.78 is 49.7. The molecule has 1 heterocycles. The monoisotopic (exact) mass is 408 g/mol. The Bertz CT molecular complexity index is 830. The van der Waals surface area contributed by atoms with Crippen molar-refractivity contribution in [3.63, 3.8) is 0 Å². The van der Waals surface area contributed by atoms with Gasteiger partial charge in [-0.05, 0) is 50.2 Å². The number of amides is 1. The molecule has 3 rings (SSSR count). The minimum atomic E-state index is -4.54.